The smallest absolute Gasteiger partial charge is 0.238 e. The molecule has 118 valence electrons. The van der Waals surface area contributed by atoms with Crippen molar-refractivity contribution >= 4 is 27.3 Å². The van der Waals surface area contributed by atoms with Crippen LogP contribution in [0, 0.1) is 0 Å². The molecule has 8 nitrogen and oxygen atoms in total. The summed E-state index contributed by atoms with van der Waals surface area (Å²) >= 11 is 0. The standard InChI is InChI=1S/C12H20N4O4S/c1-20-5-4-16-12(17)2-3-15-10-6-9(13)7-11(8-10)21(14,18)19/h6-8,15H,2-5,13H2,1H3,(H,16,17)(H2,14,18,19). The lowest BCUT2D eigenvalue weighted by molar-refractivity contribution is -0.121. The number of hydrogen-bond acceptors (Lipinski definition) is 6. The Hall–Kier alpha value is -1.84. The molecule has 0 bridgehead atoms. The van der Waals surface area contributed by atoms with Gasteiger partial charge in [0.25, 0.3) is 0 Å². The van der Waals surface area contributed by atoms with Crippen LogP contribution in [0.25, 0.3) is 0 Å². The fourth-order valence-electron chi connectivity index (χ4n) is 1.59. The molecule has 1 aromatic rings. The molecule has 21 heavy (non-hydrogen) atoms. The Labute approximate surface area is 123 Å². The zero-order valence-electron chi connectivity index (χ0n) is 11.8. The van der Waals surface area contributed by atoms with Gasteiger partial charge in [0.05, 0.1) is 11.5 Å². The quantitative estimate of drug-likeness (QED) is 0.376. The Kier molecular flexibility index (Phi) is 6.40. The van der Waals surface area contributed by atoms with Crippen molar-refractivity contribution in [3.05, 3.63) is 18.2 Å². The monoisotopic (exact) mass is 316 g/mol. The third-order valence-corrected chi connectivity index (χ3v) is 3.46. The normalized spacial score (nSPS) is 11.1. The molecule has 1 aromatic carbocycles. The van der Waals surface area contributed by atoms with Gasteiger partial charge in [-0.1, -0.05) is 0 Å². The van der Waals surface area contributed by atoms with E-state index in [-0.39, 0.29) is 22.9 Å². The van der Waals surface area contributed by atoms with Gasteiger partial charge in [-0.2, -0.15) is 0 Å². The number of sulfonamides is 1. The molecule has 0 aromatic heterocycles. The predicted octanol–water partition coefficient (Wildman–Crippen LogP) is -0.519. The maximum atomic E-state index is 11.5. The number of hydrogen-bond donors (Lipinski definition) is 4. The molecule has 1 rings (SSSR count). The molecule has 0 aliphatic rings. The minimum atomic E-state index is -3.82. The highest BCUT2D eigenvalue weighted by Gasteiger charge is 2.10. The first-order valence-electron chi connectivity index (χ1n) is 6.26. The van der Waals surface area contributed by atoms with E-state index >= 15 is 0 Å². The van der Waals surface area contributed by atoms with Crippen LogP contribution in [0.3, 0.4) is 0 Å². The van der Waals surface area contributed by atoms with E-state index in [1.54, 1.807) is 13.2 Å². The van der Waals surface area contributed by atoms with E-state index in [4.69, 9.17) is 15.6 Å². The topological polar surface area (TPSA) is 137 Å². The lowest BCUT2D eigenvalue weighted by atomic mass is 10.2. The molecule has 6 N–H and O–H groups in total. The molecule has 0 spiro atoms. The van der Waals surface area contributed by atoms with Gasteiger partial charge in [-0.05, 0) is 18.2 Å². The first-order valence-corrected chi connectivity index (χ1v) is 7.80. The van der Waals surface area contributed by atoms with Crippen molar-refractivity contribution in [2.24, 2.45) is 5.14 Å². The number of primary sulfonamides is 1. The van der Waals surface area contributed by atoms with Crippen molar-refractivity contribution < 1.29 is 17.9 Å². The number of nitrogens with two attached hydrogens (primary N) is 2. The van der Waals surface area contributed by atoms with Crippen molar-refractivity contribution in [2.75, 3.05) is 37.9 Å². The number of nitrogens with one attached hydrogen (secondary N) is 2. The molecule has 0 atom stereocenters. The van der Waals surface area contributed by atoms with Crippen LogP contribution < -0.4 is 21.5 Å². The van der Waals surface area contributed by atoms with Crippen LogP contribution in [-0.4, -0.2) is 41.1 Å². The Balaban J connectivity index is 2.53. The molecule has 0 aliphatic heterocycles. The van der Waals surface area contributed by atoms with Gasteiger partial charge in [0, 0.05) is 38.0 Å². The summed E-state index contributed by atoms with van der Waals surface area (Å²) in [7, 11) is -2.27. The highest BCUT2D eigenvalue weighted by molar-refractivity contribution is 7.89. The largest absolute Gasteiger partial charge is 0.399 e. The van der Waals surface area contributed by atoms with Crippen LogP contribution in [-0.2, 0) is 19.6 Å². The number of amides is 1. The summed E-state index contributed by atoms with van der Waals surface area (Å²) in [4.78, 5) is 11.4. The van der Waals surface area contributed by atoms with Gasteiger partial charge < -0.3 is 21.1 Å². The van der Waals surface area contributed by atoms with Gasteiger partial charge >= 0.3 is 0 Å². The van der Waals surface area contributed by atoms with Gasteiger partial charge in [0.2, 0.25) is 15.9 Å². The summed E-state index contributed by atoms with van der Waals surface area (Å²) in [6, 6.07) is 4.21. The van der Waals surface area contributed by atoms with Crippen molar-refractivity contribution in [2.45, 2.75) is 11.3 Å². The van der Waals surface area contributed by atoms with Gasteiger partial charge in [0.15, 0.2) is 0 Å². The van der Waals surface area contributed by atoms with Crippen LogP contribution in [0.2, 0.25) is 0 Å². The molecule has 0 radical (unpaired) electrons. The second-order valence-corrected chi connectivity index (χ2v) is 5.92. The van der Waals surface area contributed by atoms with Gasteiger partial charge in [-0.25, -0.2) is 13.6 Å². The third-order valence-electron chi connectivity index (χ3n) is 2.57. The summed E-state index contributed by atoms with van der Waals surface area (Å²) in [5.41, 5.74) is 6.38. The molecule has 9 heteroatoms. The lowest BCUT2D eigenvalue weighted by Gasteiger charge is -2.09. The molecule has 0 fully saturated rings. The van der Waals surface area contributed by atoms with E-state index < -0.39 is 10.0 Å². The van der Waals surface area contributed by atoms with Crippen LogP contribution in [0.5, 0.6) is 0 Å². The maximum absolute atomic E-state index is 11.5. The summed E-state index contributed by atoms with van der Waals surface area (Å²) in [5, 5.41) is 10.7. The SMILES string of the molecule is COCCNC(=O)CCNc1cc(N)cc(S(N)(=O)=O)c1. The van der Waals surface area contributed by atoms with E-state index in [9.17, 15) is 13.2 Å². The average Bonchev–Trinajstić information content (AvgIpc) is 2.37. The number of rotatable bonds is 8. The second-order valence-electron chi connectivity index (χ2n) is 4.36. The van der Waals surface area contributed by atoms with Crippen molar-refractivity contribution in [3.63, 3.8) is 0 Å². The summed E-state index contributed by atoms with van der Waals surface area (Å²) < 4.78 is 27.4. The van der Waals surface area contributed by atoms with E-state index in [0.29, 0.717) is 25.4 Å². The van der Waals surface area contributed by atoms with Crippen molar-refractivity contribution in [1.29, 1.82) is 0 Å². The third kappa shape index (κ3) is 6.43. The first kappa shape index (κ1) is 17.2. The molecule has 0 saturated heterocycles. The number of carbonyl (C=O) groups excluding carboxylic acids is 1. The summed E-state index contributed by atoms with van der Waals surface area (Å²) in [5.74, 6) is -0.130. The lowest BCUT2D eigenvalue weighted by Crippen LogP contribution is -2.28. The van der Waals surface area contributed by atoms with Gasteiger partial charge in [-0.3, -0.25) is 4.79 Å². The number of anilines is 2. The van der Waals surface area contributed by atoms with Crippen LogP contribution in [0.15, 0.2) is 23.1 Å². The zero-order chi connectivity index (χ0) is 15.9. The van der Waals surface area contributed by atoms with E-state index in [1.165, 1.54) is 12.1 Å². The molecule has 0 aliphatic carbocycles. The minimum absolute atomic E-state index is 0.0745. The van der Waals surface area contributed by atoms with E-state index in [2.05, 4.69) is 10.6 Å². The Bertz CT molecular complexity index is 589. The number of nitrogen functional groups attached to an aromatic ring is 1. The Morgan fingerprint density at radius 2 is 2.00 bits per heavy atom. The molecular weight excluding hydrogens is 296 g/mol. The molecule has 0 saturated carbocycles. The van der Waals surface area contributed by atoms with Gasteiger partial charge in [0.1, 0.15) is 0 Å². The molecule has 0 heterocycles. The first-order chi connectivity index (χ1) is 9.82. The van der Waals surface area contributed by atoms with E-state index in [1.807, 2.05) is 0 Å². The van der Waals surface area contributed by atoms with Crippen molar-refractivity contribution in [3.8, 4) is 0 Å². The number of carbonyl (C=O) groups is 1. The van der Waals surface area contributed by atoms with Crippen LogP contribution in [0.4, 0.5) is 11.4 Å². The summed E-state index contributed by atoms with van der Waals surface area (Å²) in [6.07, 6.45) is 0.239. The highest BCUT2D eigenvalue weighted by atomic mass is 32.2. The molecular formula is C12H20N4O4S. The molecule has 0 unspecified atom stereocenters. The zero-order valence-corrected chi connectivity index (χ0v) is 12.6. The Morgan fingerprint density at radius 3 is 2.62 bits per heavy atom. The number of ether oxygens (including phenoxy) is 1. The average molecular weight is 316 g/mol. The van der Waals surface area contributed by atoms with E-state index in [0.717, 1.165) is 0 Å². The summed E-state index contributed by atoms with van der Waals surface area (Å²) in [6.45, 7) is 1.24. The second kappa shape index (κ2) is 7.81. The number of benzene rings is 1. The minimum Gasteiger partial charge on any atom is -0.399 e. The highest BCUT2D eigenvalue weighted by Crippen LogP contribution is 2.19. The maximum Gasteiger partial charge on any atom is 0.238 e. The van der Waals surface area contributed by atoms with Crippen LogP contribution in [0.1, 0.15) is 6.42 Å². The fourth-order valence-corrected chi connectivity index (χ4v) is 2.18. The number of methoxy groups -OCH3 is 1. The van der Waals surface area contributed by atoms with Crippen molar-refractivity contribution in [1.82, 2.24) is 5.32 Å². The Morgan fingerprint density at radius 1 is 1.29 bits per heavy atom. The van der Waals surface area contributed by atoms with Crippen LogP contribution >= 0.6 is 0 Å². The van der Waals surface area contributed by atoms with Gasteiger partial charge in [-0.15, -0.1) is 0 Å². The molecule has 1 amide bonds. The fraction of sp³-hybridized carbons (Fsp3) is 0.417. The predicted molar refractivity (Wildman–Crippen MR) is 80.2 cm³/mol.